The van der Waals surface area contributed by atoms with Gasteiger partial charge in [0.15, 0.2) is 0 Å². The zero-order valence-corrected chi connectivity index (χ0v) is 6.28. The molecule has 0 heterocycles. The van der Waals surface area contributed by atoms with Crippen LogP contribution in [0, 0.1) is 0 Å². The summed E-state index contributed by atoms with van der Waals surface area (Å²) < 4.78 is 0. The average Bonchev–Trinajstić information content (AvgIpc) is 1.88. The monoisotopic (exact) mass is 158 g/mol. The van der Waals surface area contributed by atoms with Gasteiger partial charge in [0.05, 0.1) is 0 Å². The number of hydrogen-bond acceptors (Lipinski definition) is 1. The molecule has 0 aromatic rings. The van der Waals surface area contributed by atoms with Crippen LogP contribution < -0.4 is 0 Å². The van der Waals surface area contributed by atoms with Crippen LogP contribution in [0.4, 0.5) is 0 Å². The van der Waals surface area contributed by atoms with E-state index in [0.29, 0.717) is 6.61 Å². The summed E-state index contributed by atoms with van der Waals surface area (Å²) in [7, 11) is 0. The third-order valence-corrected chi connectivity index (χ3v) is 0.762. The number of rotatable bonds is 3. The van der Waals surface area contributed by atoms with E-state index in [1.54, 1.807) is 0 Å². The fraction of sp³-hybridized carbons (Fsp3) is 1.00. The minimum atomic E-state index is 0. The van der Waals surface area contributed by atoms with E-state index < -0.39 is 0 Å². The normalized spacial score (nSPS) is 6.67. The fourth-order valence-corrected chi connectivity index (χ4v) is 0.362. The minimum absolute atomic E-state index is 0. The van der Waals surface area contributed by atoms with E-state index >= 15 is 0 Å². The maximum absolute atomic E-state index is 8.20. The molecule has 0 radical (unpaired) electrons. The second-order valence-corrected chi connectivity index (χ2v) is 1.43. The van der Waals surface area contributed by atoms with Gasteiger partial charge in [-0.1, -0.05) is 33.6 Å². The van der Waals surface area contributed by atoms with Gasteiger partial charge in [-0.05, 0) is 6.42 Å². The maximum atomic E-state index is 8.20. The first-order chi connectivity index (χ1) is 3.91. The van der Waals surface area contributed by atoms with Gasteiger partial charge in [-0.25, -0.2) is 0 Å². The topological polar surface area (TPSA) is 20.2 Å². The van der Waals surface area contributed by atoms with Crippen molar-refractivity contribution in [2.75, 3.05) is 6.61 Å². The molecule has 0 unspecified atom stereocenters. The number of hydrogen-bond donors (Lipinski definition) is 1. The van der Waals surface area contributed by atoms with Gasteiger partial charge in [-0.3, -0.25) is 0 Å². The van der Waals surface area contributed by atoms with Crippen molar-refractivity contribution in [2.45, 2.75) is 40.0 Å². The standard InChI is InChI=1S/C5H12O.C2H6.K.H/c1-2-3-4-5-6;1-2;;/h6H,2-5H2,1H3;1-2H3;;. The second kappa shape index (κ2) is 22.6. The summed E-state index contributed by atoms with van der Waals surface area (Å²) >= 11 is 0. The molecule has 0 aliphatic carbocycles. The summed E-state index contributed by atoms with van der Waals surface area (Å²) in [6.45, 7) is 6.48. The molecular weight excluding hydrogens is 139 g/mol. The molecule has 2 heteroatoms. The van der Waals surface area contributed by atoms with Gasteiger partial charge in [0.1, 0.15) is 0 Å². The quantitative estimate of drug-likeness (QED) is 0.488. The van der Waals surface area contributed by atoms with Gasteiger partial charge < -0.3 is 5.11 Å². The van der Waals surface area contributed by atoms with Crippen molar-refractivity contribution in [3.63, 3.8) is 0 Å². The van der Waals surface area contributed by atoms with E-state index in [9.17, 15) is 0 Å². The molecule has 0 aliphatic heterocycles. The van der Waals surface area contributed by atoms with Crippen molar-refractivity contribution >= 4 is 51.4 Å². The Labute approximate surface area is 102 Å². The molecule has 0 atom stereocenters. The van der Waals surface area contributed by atoms with Crippen LogP contribution in [0.25, 0.3) is 0 Å². The van der Waals surface area contributed by atoms with Crippen LogP contribution in [0.2, 0.25) is 0 Å². The zero-order valence-electron chi connectivity index (χ0n) is 6.28. The molecule has 54 valence electrons. The van der Waals surface area contributed by atoms with E-state index in [-0.39, 0.29) is 51.4 Å². The first-order valence-corrected chi connectivity index (χ1v) is 3.52. The third-order valence-electron chi connectivity index (χ3n) is 0.762. The van der Waals surface area contributed by atoms with Gasteiger partial charge in [0.2, 0.25) is 0 Å². The first-order valence-electron chi connectivity index (χ1n) is 3.52. The fourth-order valence-electron chi connectivity index (χ4n) is 0.362. The Morgan fingerprint density at radius 3 is 1.67 bits per heavy atom. The van der Waals surface area contributed by atoms with Crippen LogP contribution >= 0.6 is 0 Å². The molecule has 0 fully saturated rings. The van der Waals surface area contributed by atoms with Crippen LogP contribution in [0.5, 0.6) is 0 Å². The average molecular weight is 158 g/mol. The zero-order chi connectivity index (χ0) is 6.83. The summed E-state index contributed by atoms with van der Waals surface area (Å²) in [5, 5.41) is 8.20. The van der Waals surface area contributed by atoms with E-state index in [1.807, 2.05) is 13.8 Å². The first kappa shape index (κ1) is 16.9. The Morgan fingerprint density at radius 2 is 1.56 bits per heavy atom. The molecule has 0 aromatic heterocycles. The molecule has 0 aromatic carbocycles. The van der Waals surface area contributed by atoms with E-state index in [2.05, 4.69) is 6.92 Å². The molecule has 1 N–H and O–H groups in total. The van der Waals surface area contributed by atoms with Crippen molar-refractivity contribution < 1.29 is 5.11 Å². The van der Waals surface area contributed by atoms with E-state index in [1.165, 1.54) is 6.42 Å². The van der Waals surface area contributed by atoms with Crippen LogP contribution in [-0.2, 0) is 0 Å². The molecule has 0 aliphatic rings. The molecule has 0 spiro atoms. The molecular formula is C7H19KO. The summed E-state index contributed by atoms with van der Waals surface area (Å²) in [6.07, 6.45) is 3.33. The van der Waals surface area contributed by atoms with Crippen molar-refractivity contribution in [1.29, 1.82) is 0 Å². The SMILES string of the molecule is CC.CCCCCO.[KH]. The Morgan fingerprint density at radius 1 is 1.11 bits per heavy atom. The van der Waals surface area contributed by atoms with Gasteiger partial charge in [0, 0.05) is 6.61 Å². The van der Waals surface area contributed by atoms with Gasteiger partial charge >= 0.3 is 51.4 Å². The number of aliphatic hydroxyl groups is 1. The molecule has 0 bridgehead atoms. The van der Waals surface area contributed by atoms with Crippen molar-refractivity contribution in [3.8, 4) is 0 Å². The van der Waals surface area contributed by atoms with Crippen LogP contribution in [-0.4, -0.2) is 63.1 Å². The molecule has 0 rings (SSSR count). The Bertz CT molecular complexity index is 20.9. The summed E-state index contributed by atoms with van der Waals surface area (Å²) in [4.78, 5) is 0. The Kier molecular flexibility index (Phi) is 42.5. The van der Waals surface area contributed by atoms with Crippen molar-refractivity contribution in [1.82, 2.24) is 0 Å². The third kappa shape index (κ3) is 26.2. The van der Waals surface area contributed by atoms with Gasteiger partial charge in [-0.15, -0.1) is 0 Å². The molecule has 0 saturated carbocycles. The molecule has 0 amide bonds. The summed E-state index contributed by atoms with van der Waals surface area (Å²) in [5.74, 6) is 0. The summed E-state index contributed by atoms with van der Waals surface area (Å²) in [6, 6.07) is 0. The number of unbranched alkanes of at least 4 members (excludes halogenated alkanes) is 2. The van der Waals surface area contributed by atoms with E-state index in [0.717, 1.165) is 12.8 Å². The van der Waals surface area contributed by atoms with Gasteiger partial charge in [0.25, 0.3) is 0 Å². The number of aliphatic hydroxyl groups excluding tert-OH is 1. The van der Waals surface area contributed by atoms with Crippen LogP contribution in [0.3, 0.4) is 0 Å². The van der Waals surface area contributed by atoms with Crippen molar-refractivity contribution in [3.05, 3.63) is 0 Å². The van der Waals surface area contributed by atoms with E-state index in [4.69, 9.17) is 5.11 Å². The molecule has 1 nitrogen and oxygen atoms in total. The Hall–Kier alpha value is 1.60. The molecule has 0 saturated heterocycles. The Balaban J connectivity index is -0.000000109. The second-order valence-electron chi connectivity index (χ2n) is 1.43. The van der Waals surface area contributed by atoms with Crippen LogP contribution in [0.1, 0.15) is 40.0 Å². The van der Waals surface area contributed by atoms with Gasteiger partial charge in [-0.2, -0.15) is 0 Å². The van der Waals surface area contributed by atoms with Crippen molar-refractivity contribution in [2.24, 2.45) is 0 Å². The molecule has 9 heavy (non-hydrogen) atoms. The predicted molar refractivity (Wildman–Crippen MR) is 45.1 cm³/mol. The summed E-state index contributed by atoms with van der Waals surface area (Å²) in [5.41, 5.74) is 0. The van der Waals surface area contributed by atoms with Crippen LogP contribution in [0.15, 0.2) is 0 Å². The predicted octanol–water partition coefficient (Wildman–Crippen LogP) is 1.55.